The second-order valence-electron chi connectivity index (χ2n) is 13.4. The van der Waals surface area contributed by atoms with Crippen LogP contribution in [0.1, 0.15) is 56.9 Å². The SMILES string of the molecule is CC(C)(O)CC(=O)N[C@H]1[C@H](OC(=O)c2ccccc2)[C@@H](OC(=O)c2ccccc2)[C@H](OCCNC(=O)OCc2ccccc2)O[C@@H]1COC(=O)c1ccccc1. The minimum Gasteiger partial charge on any atom is -0.459 e. The summed E-state index contributed by atoms with van der Waals surface area (Å²) in [5, 5.41) is 15.8. The van der Waals surface area contributed by atoms with Crippen LogP contribution in [0.25, 0.3) is 0 Å². The van der Waals surface area contributed by atoms with Gasteiger partial charge in [-0.2, -0.15) is 0 Å². The van der Waals surface area contributed by atoms with E-state index in [1.807, 2.05) is 30.3 Å². The number of benzene rings is 4. The van der Waals surface area contributed by atoms with Crippen LogP contribution in [0.2, 0.25) is 0 Å². The molecule has 1 aliphatic rings. The van der Waals surface area contributed by atoms with E-state index in [9.17, 15) is 29.1 Å². The molecule has 4 aromatic carbocycles. The van der Waals surface area contributed by atoms with E-state index < -0.39 is 72.8 Å². The van der Waals surface area contributed by atoms with Crippen LogP contribution in [-0.2, 0) is 39.8 Å². The van der Waals surface area contributed by atoms with Gasteiger partial charge in [0.1, 0.15) is 19.3 Å². The average molecular weight is 769 g/mol. The fraction of sp³-hybridized carbons (Fsp3) is 0.310. The minimum atomic E-state index is -1.53. The zero-order valence-electron chi connectivity index (χ0n) is 30.9. The van der Waals surface area contributed by atoms with Crippen molar-refractivity contribution in [3.63, 3.8) is 0 Å². The highest BCUT2D eigenvalue weighted by molar-refractivity contribution is 5.91. The van der Waals surface area contributed by atoms with Gasteiger partial charge in [-0.1, -0.05) is 84.9 Å². The molecule has 1 aliphatic heterocycles. The molecule has 0 radical (unpaired) electrons. The van der Waals surface area contributed by atoms with Gasteiger partial charge < -0.3 is 44.2 Å². The third kappa shape index (κ3) is 12.5. The molecule has 1 saturated heterocycles. The average Bonchev–Trinajstić information content (AvgIpc) is 3.20. The molecule has 4 aromatic rings. The molecule has 0 unspecified atom stereocenters. The molecule has 0 aliphatic carbocycles. The van der Waals surface area contributed by atoms with E-state index in [0.717, 1.165) is 5.56 Å². The summed E-state index contributed by atoms with van der Waals surface area (Å²) in [6, 6.07) is 32.0. The Morgan fingerprint density at radius 2 is 1.18 bits per heavy atom. The fourth-order valence-corrected chi connectivity index (χ4v) is 5.70. The Hall–Kier alpha value is -6.09. The second kappa shape index (κ2) is 20.0. The lowest BCUT2D eigenvalue weighted by molar-refractivity contribution is -0.277. The van der Waals surface area contributed by atoms with Crippen molar-refractivity contribution >= 4 is 29.9 Å². The lowest BCUT2D eigenvalue weighted by Crippen LogP contribution is -2.67. The Balaban J connectivity index is 1.44. The Morgan fingerprint density at radius 3 is 1.71 bits per heavy atom. The van der Waals surface area contributed by atoms with Crippen molar-refractivity contribution in [3.05, 3.63) is 144 Å². The number of amides is 2. The zero-order valence-corrected chi connectivity index (χ0v) is 30.9. The molecule has 14 heteroatoms. The molecule has 0 bridgehead atoms. The number of aliphatic hydroxyl groups is 1. The summed E-state index contributed by atoms with van der Waals surface area (Å²) in [5.41, 5.74) is -0.103. The summed E-state index contributed by atoms with van der Waals surface area (Å²) < 4.78 is 35.3. The molecule has 1 heterocycles. The normalized spacial score (nSPS) is 19.2. The number of carbonyl (C=O) groups excluding carboxylic acids is 5. The first-order valence-electron chi connectivity index (χ1n) is 17.9. The Morgan fingerprint density at radius 1 is 0.679 bits per heavy atom. The van der Waals surface area contributed by atoms with Crippen LogP contribution in [0.15, 0.2) is 121 Å². The number of ether oxygens (including phenoxy) is 6. The third-order valence-electron chi connectivity index (χ3n) is 8.34. The number of carbonyl (C=O) groups is 5. The van der Waals surface area contributed by atoms with Gasteiger partial charge in [-0.15, -0.1) is 0 Å². The van der Waals surface area contributed by atoms with Crippen LogP contribution in [0.3, 0.4) is 0 Å². The van der Waals surface area contributed by atoms with Gasteiger partial charge in [0.05, 0.1) is 41.4 Å². The van der Waals surface area contributed by atoms with Gasteiger partial charge in [0.2, 0.25) is 5.91 Å². The first-order valence-corrected chi connectivity index (χ1v) is 17.9. The summed E-state index contributed by atoms with van der Waals surface area (Å²) in [6.45, 7) is 2.14. The van der Waals surface area contributed by atoms with Crippen LogP contribution in [-0.4, -0.2) is 91.0 Å². The lowest BCUT2D eigenvalue weighted by atomic mass is 9.94. The van der Waals surface area contributed by atoms with Crippen molar-refractivity contribution in [3.8, 4) is 0 Å². The topological polar surface area (TPSA) is 185 Å². The number of rotatable bonds is 16. The quantitative estimate of drug-likeness (QED) is 0.0819. The summed E-state index contributed by atoms with van der Waals surface area (Å²) in [7, 11) is 0. The predicted octanol–water partition coefficient (Wildman–Crippen LogP) is 4.61. The highest BCUT2D eigenvalue weighted by atomic mass is 16.7. The molecule has 5 rings (SSSR count). The van der Waals surface area contributed by atoms with Crippen molar-refractivity contribution in [2.24, 2.45) is 0 Å². The number of hydrogen-bond donors (Lipinski definition) is 3. The van der Waals surface area contributed by atoms with Crippen LogP contribution in [0.5, 0.6) is 0 Å². The maximum Gasteiger partial charge on any atom is 0.407 e. The lowest BCUT2D eigenvalue weighted by Gasteiger charge is -2.45. The predicted molar refractivity (Wildman–Crippen MR) is 200 cm³/mol. The van der Waals surface area contributed by atoms with Gasteiger partial charge in [-0.25, -0.2) is 19.2 Å². The summed E-state index contributed by atoms with van der Waals surface area (Å²) >= 11 is 0. The van der Waals surface area contributed by atoms with Crippen LogP contribution >= 0.6 is 0 Å². The molecule has 294 valence electrons. The highest BCUT2D eigenvalue weighted by Crippen LogP contribution is 2.30. The van der Waals surface area contributed by atoms with E-state index in [-0.39, 0.29) is 42.9 Å². The van der Waals surface area contributed by atoms with Crippen LogP contribution in [0.4, 0.5) is 4.79 Å². The van der Waals surface area contributed by atoms with Crippen molar-refractivity contribution < 1.29 is 57.5 Å². The maximum atomic E-state index is 13.7. The zero-order chi connectivity index (χ0) is 39.9. The Labute approximate surface area is 324 Å². The van der Waals surface area contributed by atoms with E-state index in [0.29, 0.717) is 0 Å². The van der Waals surface area contributed by atoms with Gasteiger partial charge in [-0.3, -0.25) is 4.79 Å². The molecule has 1 fully saturated rings. The third-order valence-corrected chi connectivity index (χ3v) is 8.34. The fourth-order valence-electron chi connectivity index (χ4n) is 5.70. The van der Waals surface area contributed by atoms with Gasteiger partial charge >= 0.3 is 24.0 Å². The first kappa shape index (κ1) is 41.1. The first-order chi connectivity index (χ1) is 27.0. The van der Waals surface area contributed by atoms with Crippen molar-refractivity contribution in [1.82, 2.24) is 10.6 Å². The monoisotopic (exact) mass is 768 g/mol. The van der Waals surface area contributed by atoms with Crippen LogP contribution in [0, 0.1) is 0 Å². The van der Waals surface area contributed by atoms with E-state index in [2.05, 4.69) is 10.6 Å². The van der Waals surface area contributed by atoms with Gasteiger partial charge in [-0.05, 0) is 55.8 Å². The molecule has 0 saturated carbocycles. The summed E-state index contributed by atoms with van der Waals surface area (Å²) in [6.07, 6.45) is -6.90. The number of nitrogens with one attached hydrogen (secondary N) is 2. The molecular weight excluding hydrogens is 724 g/mol. The standard InChI is InChI=1S/C42H44N2O12/c1-42(2,50)25-33(45)44-34-32(27-52-37(46)29-17-9-4-10-18-29)54-40(51-24-23-43-41(49)53-26-28-15-7-3-8-16-28)36(56-39(48)31-21-13-6-14-22-31)35(34)55-38(47)30-19-11-5-12-20-30/h3-22,32,34-36,40,50H,23-27H2,1-2H3,(H,43,49)(H,44,45)/t32-,34-,35+,36-,40-/m1/s1. The van der Waals surface area contributed by atoms with Crippen molar-refractivity contribution in [2.75, 3.05) is 19.8 Å². The molecule has 56 heavy (non-hydrogen) atoms. The van der Waals surface area contributed by atoms with E-state index in [1.54, 1.807) is 66.7 Å². The van der Waals surface area contributed by atoms with Crippen molar-refractivity contribution in [2.45, 2.75) is 63.1 Å². The number of hydrogen-bond acceptors (Lipinski definition) is 12. The Kier molecular flexibility index (Phi) is 14.7. The number of esters is 3. The van der Waals surface area contributed by atoms with E-state index in [4.69, 9.17) is 28.4 Å². The molecular formula is C42H44N2O12. The molecule has 5 atom stereocenters. The van der Waals surface area contributed by atoms with Crippen LogP contribution < -0.4 is 10.6 Å². The Bertz CT molecular complexity index is 1890. The highest BCUT2D eigenvalue weighted by Gasteiger charge is 2.52. The summed E-state index contributed by atoms with van der Waals surface area (Å²) in [4.78, 5) is 66.2. The largest absolute Gasteiger partial charge is 0.459 e. The smallest absolute Gasteiger partial charge is 0.407 e. The molecule has 0 spiro atoms. The van der Waals surface area contributed by atoms with Gasteiger partial charge in [0, 0.05) is 6.54 Å². The molecule has 0 aromatic heterocycles. The van der Waals surface area contributed by atoms with E-state index in [1.165, 1.54) is 38.1 Å². The van der Waals surface area contributed by atoms with Gasteiger partial charge in [0.15, 0.2) is 18.5 Å². The van der Waals surface area contributed by atoms with Crippen molar-refractivity contribution in [1.29, 1.82) is 0 Å². The van der Waals surface area contributed by atoms with E-state index >= 15 is 0 Å². The molecule has 2 amide bonds. The molecule has 3 N–H and O–H groups in total. The minimum absolute atomic E-state index is 0.0369. The maximum absolute atomic E-state index is 13.7. The molecule has 14 nitrogen and oxygen atoms in total. The number of alkyl carbamates (subject to hydrolysis) is 1. The van der Waals surface area contributed by atoms with Gasteiger partial charge in [0.25, 0.3) is 0 Å². The second-order valence-corrected chi connectivity index (χ2v) is 13.4. The summed E-state index contributed by atoms with van der Waals surface area (Å²) in [5.74, 6) is -3.04.